The van der Waals surface area contributed by atoms with Gasteiger partial charge >= 0.3 is 0 Å². The molecule has 1 nitrogen and oxygen atoms in total. The van der Waals surface area contributed by atoms with Gasteiger partial charge in [-0.25, -0.2) is 0 Å². The molecule has 0 saturated carbocycles. The molecule has 1 heterocycles. The Balaban J connectivity index is 2.17. The van der Waals surface area contributed by atoms with E-state index < -0.39 is 0 Å². The quantitative estimate of drug-likeness (QED) is 0.796. The van der Waals surface area contributed by atoms with Crippen molar-refractivity contribution >= 4 is 23.4 Å². The second kappa shape index (κ2) is 5.24. The van der Waals surface area contributed by atoms with E-state index in [1.54, 1.807) is 11.8 Å². The van der Waals surface area contributed by atoms with E-state index >= 15 is 0 Å². The van der Waals surface area contributed by atoms with E-state index in [1.165, 1.54) is 23.3 Å². The number of thioether (sulfide) groups is 1. The van der Waals surface area contributed by atoms with Crippen LogP contribution in [-0.2, 0) is 0 Å². The molecule has 0 amide bonds. The van der Waals surface area contributed by atoms with Gasteiger partial charge in [-0.2, -0.15) is 0 Å². The summed E-state index contributed by atoms with van der Waals surface area (Å²) < 4.78 is 0. The number of halogens is 1. The van der Waals surface area contributed by atoms with Crippen LogP contribution in [0.3, 0.4) is 0 Å². The van der Waals surface area contributed by atoms with E-state index in [-0.39, 0.29) is 0 Å². The molecule has 0 unspecified atom stereocenters. The molecule has 1 N–H and O–H groups in total. The zero-order valence-electron chi connectivity index (χ0n) is 8.92. The van der Waals surface area contributed by atoms with Gasteiger partial charge in [0.1, 0.15) is 0 Å². The molecule has 0 aromatic heterocycles. The smallest absolute Gasteiger partial charge is 0.0544 e. The van der Waals surface area contributed by atoms with Crippen molar-refractivity contribution in [2.75, 3.05) is 19.3 Å². The maximum absolute atomic E-state index is 6.21. The number of hydrogen-bond acceptors (Lipinski definition) is 2. The Morgan fingerprint density at radius 1 is 1.33 bits per heavy atom. The topological polar surface area (TPSA) is 12.0 Å². The van der Waals surface area contributed by atoms with Gasteiger partial charge in [0.05, 0.1) is 5.02 Å². The van der Waals surface area contributed by atoms with Crippen molar-refractivity contribution in [2.24, 2.45) is 0 Å². The SMILES string of the molecule is CSc1ccc(C2CCNCC2)cc1Cl. The molecule has 1 aromatic rings. The average Bonchev–Trinajstić information content (AvgIpc) is 2.30. The summed E-state index contributed by atoms with van der Waals surface area (Å²) in [5.74, 6) is 0.694. The first-order valence-corrected chi connectivity index (χ1v) is 6.95. The Labute approximate surface area is 101 Å². The highest BCUT2D eigenvalue weighted by Gasteiger charge is 2.15. The van der Waals surface area contributed by atoms with Gasteiger partial charge in [0, 0.05) is 4.90 Å². The van der Waals surface area contributed by atoms with Crippen LogP contribution in [0.1, 0.15) is 24.3 Å². The summed E-state index contributed by atoms with van der Waals surface area (Å²) in [7, 11) is 0. The fourth-order valence-corrected chi connectivity index (χ4v) is 2.97. The molecule has 1 aliphatic rings. The summed E-state index contributed by atoms with van der Waals surface area (Å²) in [6.45, 7) is 2.26. The predicted octanol–water partition coefficient (Wildman–Crippen LogP) is 3.53. The van der Waals surface area contributed by atoms with E-state index in [1.807, 2.05) is 0 Å². The Morgan fingerprint density at radius 3 is 2.67 bits per heavy atom. The Bertz CT molecular complexity index is 334. The second-order valence-electron chi connectivity index (χ2n) is 3.92. The molecule has 3 heteroatoms. The monoisotopic (exact) mass is 241 g/mol. The standard InChI is InChI=1S/C12H16ClNS/c1-15-12-3-2-10(8-11(12)13)9-4-6-14-7-5-9/h2-3,8-9,14H,4-7H2,1H3. The summed E-state index contributed by atoms with van der Waals surface area (Å²) in [6.07, 6.45) is 4.52. The van der Waals surface area contributed by atoms with Crippen molar-refractivity contribution in [2.45, 2.75) is 23.7 Å². The molecule has 1 aromatic carbocycles. The van der Waals surface area contributed by atoms with Crippen LogP contribution in [0.2, 0.25) is 5.02 Å². The number of nitrogens with one attached hydrogen (secondary N) is 1. The summed E-state index contributed by atoms with van der Waals surface area (Å²) in [4.78, 5) is 1.18. The lowest BCUT2D eigenvalue weighted by atomic mass is 9.90. The first kappa shape index (κ1) is 11.3. The minimum Gasteiger partial charge on any atom is -0.317 e. The molecule has 0 aliphatic carbocycles. The van der Waals surface area contributed by atoms with Gasteiger partial charge in [-0.05, 0) is 55.8 Å². The molecule has 15 heavy (non-hydrogen) atoms. The Hall–Kier alpha value is -0.180. The third kappa shape index (κ3) is 2.68. The van der Waals surface area contributed by atoms with E-state index in [9.17, 15) is 0 Å². The summed E-state index contributed by atoms with van der Waals surface area (Å²) >= 11 is 7.92. The van der Waals surface area contributed by atoms with Crippen molar-refractivity contribution in [1.29, 1.82) is 0 Å². The zero-order chi connectivity index (χ0) is 10.7. The van der Waals surface area contributed by atoms with Crippen LogP contribution >= 0.6 is 23.4 Å². The predicted molar refractivity (Wildman–Crippen MR) is 68.1 cm³/mol. The molecule has 82 valence electrons. The van der Waals surface area contributed by atoms with Crippen molar-refractivity contribution < 1.29 is 0 Å². The molecule has 2 rings (SSSR count). The highest BCUT2D eigenvalue weighted by Crippen LogP contribution is 2.31. The largest absolute Gasteiger partial charge is 0.317 e. The summed E-state index contributed by atoms with van der Waals surface area (Å²) in [6, 6.07) is 6.52. The van der Waals surface area contributed by atoms with Crippen molar-refractivity contribution in [1.82, 2.24) is 5.32 Å². The van der Waals surface area contributed by atoms with Gasteiger partial charge in [-0.1, -0.05) is 17.7 Å². The Morgan fingerprint density at radius 2 is 2.07 bits per heavy atom. The van der Waals surface area contributed by atoms with Gasteiger partial charge in [0.15, 0.2) is 0 Å². The maximum atomic E-state index is 6.21. The van der Waals surface area contributed by atoms with Crippen LogP contribution in [0.5, 0.6) is 0 Å². The minimum atomic E-state index is 0.694. The highest BCUT2D eigenvalue weighted by molar-refractivity contribution is 7.98. The number of piperidine rings is 1. The molecule has 0 spiro atoms. The normalized spacial score (nSPS) is 18.0. The van der Waals surface area contributed by atoms with Gasteiger partial charge in [-0.3, -0.25) is 0 Å². The molecule has 1 saturated heterocycles. The van der Waals surface area contributed by atoms with Gasteiger partial charge in [0.2, 0.25) is 0 Å². The first-order valence-electron chi connectivity index (χ1n) is 5.35. The summed E-state index contributed by atoms with van der Waals surface area (Å²) in [5, 5.41) is 4.29. The molecule has 1 aliphatic heterocycles. The van der Waals surface area contributed by atoms with E-state index in [0.29, 0.717) is 5.92 Å². The fraction of sp³-hybridized carbons (Fsp3) is 0.500. The summed E-state index contributed by atoms with van der Waals surface area (Å²) in [5.41, 5.74) is 1.40. The Kier molecular flexibility index (Phi) is 3.95. The van der Waals surface area contributed by atoms with Crippen LogP contribution in [0.15, 0.2) is 23.1 Å². The lowest BCUT2D eigenvalue weighted by Gasteiger charge is -2.23. The zero-order valence-corrected chi connectivity index (χ0v) is 10.5. The molecular weight excluding hydrogens is 226 g/mol. The first-order chi connectivity index (χ1) is 7.31. The third-order valence-electron chi connectivity index (χ3n) is 2.99. The van der Waals surface area contributed by atoms with Crippen LogP contribution in [0, 0.1) is 0 Å². The van der Waals surface area contributed by atoms with Crippen molar-refractivity contribution in [3.63, 3.8) is 0 Å². The fourth-order valence-electron chi connectivity index (χ4n) is 2.09. The lowest BCUT2D eigenvalue weighted by molar-refractivity contribution is 0.460. The van der Waals surface area contributed by atoms with Crippen molar-refractivity contribution in [3.05, 3.63) is 28.8 Å². The molecular formula is C12H16ClNS. The number of hydrogen-bond donors (Lipinski definition) is 1. The highest BCUT2D eigenvalue weighted by atomic mass is 35.5. The van der Waals surface area contributed by atoms with Gasteiger partial charge < -0.3 is 5.32 Å². The molecule has 0 radical (unpaired) electrons. The van der Waals surface area contributed by atoms with Crippen LogP contribution in [-0.4, -0.2) is 19.3 Å². The van der Waals surface area contributed by atoms with E-state index in [2.05, 4.69) is 29.8 Å². The number of rotatable bonds is 2. The van der Waals surface area contributed by atoms with Crippen LogP contribution in [0.4, 0.5) is 0 Å². The van der Waals surface area contributed by atoms with E-state index in [4.69, 9.17) is 11.6 Å². The maximum Gasteiger partial charge on any atom is 0.0544 e. The minimum absolute atomic E-state index is 0.694. The average molecular weight is 242 g/mol. The van der Waals surface area contributed by atoms with Crippen LogP contribution < -0.4 is 5.32 Å². The van der Waals surface area contributed by atoms with Crippen LogP contribution in [0.25, 0.3) is 0 Å². The molecule has 1 fully saturated rings. The second-order valence-corrected chi connectivity index (χ2v) is 5.17. The van der Waals surface area contributed by atoms with Gasteiger partial charge in [0.25, 0.3) is 0 Å². The van der Waals surface area contributed by atoms with Crippen molar-refractivity contribution in [3.8, 4) is 0 Å². The lowest BCUT2D eigenvalue weighted by Crippen LogP contribution is -2.26. The molecule has 0 bridgehead atoms. The third-order valence-corrected chi connectivity index (χ3v) is 4.21. The number of benzene rings is 1. The van der Waals surface area contributed by atoms with Gasteiger partial charge in [-0.15, -0.1) is 11.8 Å². The molecule has 0 atom stereocenters. The van der Waals surface area contributed by atoms with E-state index in [0.717, 1.165) is 18.1 Å².